The van der Waals surface area contributed by atoms with E-state index in [1.165, 1.54) is 5.75 Å². The van der Waals surface area contributed by atoms with Gasteiger partial charge in [0.2, 0.25) is 5.89 Å². The lowest BCUT2D eigenvalue weighted by Gasteiger charge is -2.29. The molecule has 0 spiro atoms. The SMILES string of the molecule is CCCc1nc(C2(N)CCCSC2)no1. The number of hydrogen-bond donors (Lipinski definition) is 1. The summed E-state index contributed by atoms with van der Waals surface area (Å²) in [7, 11) is 0. The van der Waals surface area contributed by atoms with Crippen molar-refractivity contribution in [2.45, 2.75) is 38.1 Å². The van der Waals surface area contributed by atoms with E-state index in [0.717, 1.165) is 31.4 Å². The number of aromatic nitrogens is 2. The Kier molecular flexibility index (Phi) is 3.31. The van der Waals surface area contributed by atoms with Crippen molar-refractivity contribution in [3.8, 4) is 0 Å². The predicted molar refractivity (Wildman–Crippen MR) is 60.7 cm³/mol. The van der Waals surface area contributed by atoms with E-state index in [1.807, 2.05) is 11.8 Å². The van der Waals surface area contributed by atoms with Crippen molar-refractivity contribution >= 4 is 11.8 Å². The van der Waals surface area contributed by atoms with Crippen LogP contribution in [0, 0.1) is 0 Å². The molecule has 5 heteroatoms. The molecule has 84 valence electrons. The summed E-state index contributed by atoms with van der Waals surface area (Å²) >= 11 is 1.87. The van der Waals surface area contributed by atoms with Gasteiger partial charge in [-0.25, -0.2) is 0 Å². The van der Waals surface area contributed by atoms with Crippen LogP contribution in [-0.2, 0) is 12.0 Å². The van der Waals surface area contributed by atoms with Gasteiger partial charge in [-0.2, -0.15) is 16.7 Å². The van der Waals surface area contributed by atoms with Crippen LogP contribution in [0.4, 0.5) is 0 Å². The first kappa shape index (κ1) is 11.0. The molecule has 15 heavy (non-hydrogen) atoms. The quantitative estimate of drug-likeness (QED) is 0.851. The molecule has 1 aliphatic rings. The molecule has 0 amide bonds. The first-order valence-corrected chi connectivity index (χ1v) is 6.60. The van der Waals surface area contributed by atoms with Crippen LogP contribution in [0.25, 0.3) is 0 Å². The monoisotopic (exact) mass is 227 g/mol. The topological polar surface area (TPSA) is 64.9 Å². The summed E-state index contributed by atoms with van der Waals surface area (Å²) < 4.78 is 5.17. The summed E-state index contributed by atoms with van der Waals surface area (Å²) in [6.07, 6.45) is 3.97. The van der Waals surface area contributed by atoms with Crippen LogP contribution < -0.4 is 5.73 Å². The number of nitrogens with zero attached hydrogens (tertiary/aromatic N) is 2. The van der Waals surface area contributed by atoms with Crippen molar-refractivity contribution in [1.29, 1.82) is 0 Å². The molecule has 2 heterocycles. The molecule has 0 saturated carbocycles. The fourth-order valence-electron chi connectivity index (χ4n) is 1.77. The fourth-order valence-corrected chi connectivity index (χ4v) is 2.90. The third-order valence-electron chi connectivity index (χ3n) is 2.65. The highest BCUT2D eigenvalue weighted by Crippen LogP contribution is 2.31. The smallest absolute Gasteiger partial charge is 0.226 e. The fraction of sp³-hybridized carbons (Fsp3) is 0.800. The number of hydrogen-bond acceptors (Lipinski definition) is 5. The summed E-state index contributed by atoms with van der Waals surface area (Å²) in [6.45, 7) is 2.10. The van der Waals surface area contributed by atoms with Gasteiger partial charge in [0.1, 0.15) is 0 Å². The molecule has 1 aromatic rings. The molecular formula is C10H17N3OS. The average Bonchev–Trinajstić information content (AvgIpc) is 2.69. The van der Waals surface area contributed by atoms with Gasteiger partial charge in [0.05, 0.1) is 5.54 Å². The van der Waals surface area contributed by atoms with E-state index in [2.05, 4.69) is 17.1 Å². The molecule has 0 aromatic carbocycles. The van der Waals surface area contributed by atoms with Gasteiger partial charge in [0, 0.05) is 12.2 Å². The van der Waals surface area contributed by atoms with E-state index in [0.29, 0.717) is 11.7 Å². The molecule has 2 N–H and O–H groups in total. The Bertz CT molecular complexity index is 320. The van der Waals surface area contributed by atoms with Crippen LogP contribution in [0.2, 0.25) is 0 Å². The van der Waals surface area contributed by atoms with Crippen molar-refractivity contribution in [2.24, 2.45) is 5.73 Å². The van der Waals surface area contributed by atoms with Crippen molar-refractivity contribution in [1.82, 2.24) is 10.1 Å². The molecule has 4 nitrogen and oxygen atoms in total. The van der Waals surface area contributed by atoms with Crippen LogP contribution in [0.15, 0.2) is 4.52 Å². The minimum absolute atomic E-state index is 0.363. The minimum Gasteiger partial charge on any atom is -0.339 e. The lowest BCUT2D eigenvalue weighted by Crippen LogP contribution is -2.42. The van der Waals surface area contributed by atoms with E-state index >= 15 is 0 Å². The number of aryl methyl sites for hydroxylation is 1. The van der Waals surface area contributed by atoms with Crippen LogP contribution in [0.1, 0.15) is 37.9 Å². The van der Waals surface area contributed by atoms with E-state index in [9.17, 15) is 0 Å². The van der Waals surface area contributed by atoms with Gasteiger partial charge in [-0.05, 0) is 25.0 Å². The molecule has 2 rings (SSSR count). The second-order valence-corrected chi connectivity index (χ2v) is 5.18. The van der Waals surface area contributed by atoms with Gasteiger partial charge >= 0.3 is 0 Å². The Morgan fingerprint density at radius 1 is 1.60 bits per heavy atom. The van der Waals surface area contributed by atoms with Gasteiger partial charge in [0.15, 0.2) is 5.82 Å². The molecule has 1 saturated heterocycles. The largest absolute Gasteiger partial charge is 0.339 e. The number of nitrogens with two attached hydrogens (primary N) is 1. The van der Waals surface area contributed by atoms with Gasteiger partial charge in [-0.15, -0.1) is 0 Å². The Morgan fingerprint density at radius 3 is 3.13 bits per heavy atom. The number of rotatable bonds is 3. The van der Waals surface area contributed by atoms with E-state index in [-0.39, 0.29) is 5.54 Å². The molecule has 0 aliphatic carbocycles. The van der Waals surface area contributed by atoms with Crippen LogP contribution in [0.5, 0.6) is 0 Å². The summed E-state index contributed by atoms with van der Waals surface area (Å²) in [4.78, 5) is 4.38. The molecule has 1 unspecified atom stereocenters. The van der Waals surface area contributed by atoms with Gasteiger partial charge < -0.3 is 10.3 Å². The highest BCUT2D eigenvalue weighted by molar-refractivity contribution is 7.99. The molecule has 1 aliphatic heterocycles. The van der Waals surface area contributed by atoms with Gasteiger partial charge in [0.25, 0.3) is 0 Å². The molecule has 1 aromatic heterocycles. The van der Waals surface area contributed by atoms with E-state index < -0.39 is 0 Å². The Hall–Kier alpha value is -0.550. The number of thioether (sulfide) groups is 1. The lowest BCUT2D eigenvalue weighted by atomic mass is 9.96. The molecule has 1 atom stereocenters. The summed E-state index contributed by atoms with van der Waals surface area (Å²) in [5, 5.41) is 4.01. The first-order valence-electron chi connectivity index (χ1n) is 5.44. The van der Waals surface area contributed by atoms with Crippen molar-refractivity contribution in [3.63, 3.8) is 0 Å². The molecule has 0 bridgehead atoms. The van der Waals surface area contributed by atoms with Gasteiger partial charge in [-0.3, -0.25) is 0 Å². The third kappa shape index (κ3) is 2.34. The Morgan fingerprint density at radius 2 is 2.47 bits per heavy atom. The van der Waals surface area contributed by atoms with Crippen molar-refractivity contribution in [2.75, 3.05) is 11.5 Å². The molecular weight excluding hydrogens is 210 g/mol. The highest BCUT2D eigenvalue weighted by atomic mass is 32.2. The Labute approximate surface area is 94.0 Å². The lowest BCUT2D eigenvalue weighted by molar-refractivity contribution is 0.347. The summed E-state index contributed by atoms with van der Waals surface area (Å²) in [5.74, 6) is 3.50. The zero-order chi connectivity index (χ0) is 10.7. The third-order valence-corrected chi connectivity index (χ3v) is 3.95. The minimum atomic E-state index is -0.363. The average molecular weight is 227 g/mol. The second kappa shape index (κ2) is 4.53. The summed E-state index contributed by atoms with van der Waals surface area (Å²) in [5.41, 5.74) is 5.92. The van der Waals surface area contributed by atoms with Crippen molar-refractivity contribution in [3.05, 3.63) is 11.7 Å². The zero-order valence-electron chi connectivity index (χ0n) is 9.03. The standard InChI is InChI=1S/C10H17N3OS/c1-2-4-8-12-9(13-14-8)10(11)5-3-6-15-7-10/h2-7,11H2,1H3. The van der Waals surface area contributed by atoms with Crippen LogP contribution >= 0.6 is 11.8 Å². The van der Waals surface area contributed by atoms with Crippen molar-refractivity contribution < 1.29 is 4.52 Å². The maximum atomic E-state index is 6.28. The van der Waals surface area contributed by atoms with Crippen LogP contribution in [-0.4, -0.2) is 21.6 Å². The second-order valence-electron chi connectivity index (χ2n) is 4.07. The Balaban J connectivity index is 2.12. The van der Waals surface area contributed by atoms with E-state index in [1.54, 1.807) is 0 Å². The van der Waals surface area contributed by atoms with E-state index in [4.69, 9.17) is 10.3 Å². The normalized spacial score (nSPS) is 26.8. The molecule has 0 radical (unpaired) electrons. The maximum Gasteiger partial charge on any atom is 0.226 e. The zero-order valence-corrected chi connectivity index (χ0v) is 9.85. The predicted octanol–water partition coefficient (Wildman–Crippen LogP) is 1.70. The van der Waals surface area contributed by atoms with Gasteiger partial charge in [-0.1, -0.05) is 12.1 Å². The first-order chi connectivity index (χ1) is 7.24. The molecule has 1 fully saturated rings. The maximum absolute atomic E-state index is 6.28. The highest BCUT2D eigenvalue weighted by Gasteiger charge is 2.34. The summed E-state index contributed by atoms with van der Waals surface area (Å²) in [6, 6.07) is 0. The van der Waals surface area contributed by atoms with Crippen LogP contribution in [0.3, 0.4) is 0 Å².